The van der Waals surface area contributed by atoms with Gasteiger partial charge in [-0.25, -0.2) is 4.79 Å². The van der Waals surface area contributed by atoms with Crippen LogP contribution in [0.1, 0.15) is 16.8 Å². The fourth-order valence-electron chi connectivity index (χ4n) is 1.91. The lowest BCUT2D eigenvalue weighted by Gasteiger charge is -1.91. The van der Waals surface area contributed by atoms with Crippen molar-refractivity contribution in [3.8, 4) is 17.5 Å². The highest BCUT2D eigenvalue weighted by atomic mass is 16.5. The van der Waals surface area contributed by atoms with Crippen molar-refractivity contribution in [2.24, 2.45) is 0 Å². The summed E-state index contributed by atoms with van der Waals surface area (Å²) in [5.41, 5.74) is 2.58. The van der Waals surface area contributed by atoms with Gasteiger partial charge in [0.2, 0.25) is 5.69 Å². The number of aromatic nitrogens is 2. The van der Waals surface area contributed by atoms with Gasteiger partial charge in [0.1, 0.15) is 0 Å². The smallest absolute Gasteiger partial charge is 0.281 e. The number of hydrogen-bond donors (Lipinski definition) is 1. The second kappa shape index (κ2) is 5.51. The molecule has 21 heavy (non-hydrogen) atoms. The minimum absolute atomic E-state index is 0.266. The molecule has 0 fully saturated rings. The Morgan fingerprint density at radius 2 is 1.71 bits per heavy atom. The molecular formula is C17H13N2O2+. The lowest BCUT2D eigenvalue weighted by molar-refractivity contribution is -0.672. The highest BCUT2D eigenvalue weighted by Crippen LogP contribution is 2.01. The molecule has 4 heteroatoms. The Kier molecular flexibility index (Phi) is 3.40. The van der Waals surface area contributed by atoms with E-state index in [1.165, 1.54) is 10.2 Å². The Morgan fingerprint density at radius 1 is 1.00 bits per heavy atom. The van der Waals surface area contributed by atoms with Gasteiger partial charge >= 0.3 is 11.3 Å². The van der Waals surface area contributed by atoms with E-state index in [-0.39, 0.29) is 5.69 Å². The van der Waals surface area contributed by atoms with Crippen molar-refractivity contribution >= 4 is 0 Å². The van der Waals surface area contributed by atoms with Gasteiger partial charge in [0.05, 0.1) is 0 Å². The molecule has 0 radical (unpaired) electrons. The quantitative estimate of drug-likeness (QED) is 0.546. The topological polar surface area (TPSA) is 49.9 Å². The Hall–Kier alpha value is -3.06. The number of H-pyrrole nitrogens is 1. The van der Waals surface area contributed by atoms with E-state index in [0.717, 1.165) is 11.3 Å². The molecule has 4 nitrogen and oxygen atoms in total. The van der Waals surface area contributed by atoms with Crippen LogP contribution in [0.25, 0.3) is 5.69 Å². The summed E-state index contributed by atoms with van der Waals surface area (Å²) in [7, 11) is 0. The Labute approximate surface area is 121 Å². The first kappa shape index (κ1) is 12.9. The maximum atomic E-state index is 11.8. The van der Waals surface area contributed by atoms with Gasteiger partial charge in [-0.05, 0) is 29.0 Å². The molecule has 3 aromatic rings. The zero-order valence-corrected chi connectivity index (χ0v) is 11.5. The molecule has 1 heterocycles. The van der Waals surface area contributed by atoms with Crippen LogP contribution in [0, 0.1) is 18.8 Å². The van der Waals surface area contributed by atoms with Crippen molar-refractivity contribution in [1.29, 1.82) is 0 Å². The van der Waals surface area contributed by atoms with Gasteiger partial charge in [0, 0.05) is 23.6 Å². The lowest BCUT2D eigenvalue weighted by Crippen LogP contribution is -2.37. The number of aryl methyl sites for hydroxylation is 1. The normalized spacial score (nSPS) is 9.95. The Morgan fingerprint density at radius 3 is 2.43 bits per heavy atom. The molecule has 0 amide bonds. The standard InChI is InChI=1S/C17H12N2O2/c1-13-7-9-14(10-8-13)11-12-16-17(20)21-18-19(16)15-5-3-2-4-6-15/h2-10H,1H3/p+1. The molecule has 0 atom stereocenters. The van der Waals surface area contributed by atoms with Gasteiger partial charge in [-0.1, -0.05) is 41.8 Å². The Balaban J connectivity index is 2.03. The van der Waals surface area contributed by atoms with Crippen molar-refractivity contribution in [3.05, 3.63) is 81.8 Å². The van der Waals surface area contributed by atoms with E-state index in [9.17, 15) is 4.79 Å². The van der Waals surface area contributed by atoms with Gasteiger partial charge in [0.15, 0.2) is 0 Å². The SMILES string of the molecule is Cc1ccc(C#Cc2c(=O)o[nH][n+]2-c2ccccc2)cc1. The first-order valence-corrected chi connectivity index (χ1v) is 6.52. The molecule has 1 N–H and O–H groups in total. The molecular weight excluding hydrogens is 264 g/mol. The summed E-state index contributed by atoms with van der Waals surface area (Å²) in [5, 5.41) is 2.56. The average Bonchev–Trinajstić information content (AvgIpc) is 2.89. The molecule has 2 aromatic carbocycles. The minimum atomic E-state index is -0.488. The molecule has 0 saturated heterocycles. The number of hydrogen-bond acceptors (Lipinski definition) is 2. The number of nitrogens with zero attached hydrogens (tertiary/aromatic N) is 1. The monoisotopic (exact) mass is 277 g/mol. The lowest BCUT2D eigenvalue weighted by atomic mass is 10.1. The number of benzene rings is 2. The van der Waals surface area contributed by atoms with Crippen LogP contribution in [0.4, 0.5) is 0 Å². The van der Waals surface area contributed by atoms with Crippen molar-refractivity contribution < 1.29 is 9.20 Å². The van der Waals surface area contributed by atoms with Gasteiger partial charge in [-0.2, -0.15) is 0 Å². The fraction of sp³-hybridized carbons (Fsp3) is 0.0588. The second-order valence-corrected chi connectivity index (χ2v) is 4.62. The third-order valence-corrected chi connectivity index (χ3v) is 3.04. The minimum Gasteiger partial charge on any atom is -0.281 e. The third kappa shape index (κ3) is 2.77. The summed E-state index contributed by atoms with van der Waals surface area (Å²) in [5.74, 6) is 5.85. The molecule has 1 aromatic heterocycles. The summed E-state index contributed by atoms with van der Waals surface area (Å²) in [4.78, 5) is 11.8. The predicted octanol–water partition coefficient (Wildman–Crippen LogP) is 1.95. The first-order chi connectivity index (χ1) is 10.2. The summed E-state index contributed by atoms with van der Waals surface area (Å²) < 4.78 is 6.37. The predicted molar refractivity (Wildman–Crippen MR) is 78.0 cm³/mol. The van der Waals surface area contributed by atoms with Gasteiger partial charge < -0.3 is 0 Å². The van der Waals surface area contributed by atoms with Crippen LogP contribution in [0.15, 0.2) is 63.9 Å². The van der Waals surface area contributed by atoms with E-state index in [4.69, 9.17) is 4.52 Å². The van der Waals surface area contributed by atoms with E-state index in [2.05, 4.69) is 17.1 Å². The van der Waals surface area contributed by atoms with E-state index in [0.29, 0.717) is 0 Å². The molecule has 0 aliphatic rings. The number of rotatable bonds is 1. The van der Waals surface area contributed by atoms with Crippen LogP contribution in [-0.4, -0.2) is 5.27 Å². The van der Waals surface area contributed by atoms with Crippen molar-refractivity contribution in [2.75, 3.05) is 0 Å². The summed E-state index contributed by atoms with van der Waals surface area (Å²) in [6.07, 6.45) is 0. The molecule has 0 saturated carbocycles. The summed E-state index contributed by atoms with van der Waals surface area (Å²) in [6, 6.07) is 17.2. The molecule has 102 valence electrons. The highest BCUT2D eigenvalue weighted by molar-refractivity contribution is 5.39. The zero-order chi connectivity index (χ0) is 14.7. The van der Waals surface area contributed by atoms with Crippen molar-refractivity contribution in [3.63, 3.8) is 0 Å². The third-order valence-electron chi connectivity index (χ3n) is 3.04. The highest BCUT2D eigenvalue weighted by Gasteiger charge is 2.20. The molecule has 0 spiro atoms. The number of aromatic amines is 1. The maximum Gasteiger partial charge on any atom is 0.444 e. The van der Waals surface area contributed by atoms with Crippen LogP contribution < -0.4 is 10.3 Å². The summed E-state index contributed by atoms with van der Waals surface area (Å²) in [6.45, 7) is 2.02. The van der Waals surface area contributed by atoms with Crippen molar-refractivity contribution in [1.82, 2.24) is 5.27 Å². The van der Waals surface area contributed by atoms with E-state index in [1.807, 2.05) is 61.5 Å². The van der Waals surface area contributed by atoms with Crippen LogP contribution in [0.2, 0.25) is 0 Å². The van der Waals surface area contributed by atoms with Gasteiger partial charge in [-0.15, -0.1) is 0 Å². The van der Waals surface area contributed by atoms with Crippen LogP contribution >= 0.6 is 0 Å². The van der Waals surface area contributed by atoms with Crippen LogP contribution in [-0.2, 0) is 0 Å². The maximum absolute atomic E-state index is 11.8. The zero-order valence-electron chi connectivity index (χ0n) is 11.5. The average molecular weight is 277 g/mol. The second-order valence-electron chi connectivity index (χ2n) is 4.62. The van der Waals surface area contributed by atoms with E-state index in [1.54, 1.807) is 0 Å². The van der Waals surface area contributed by atoms with Crippen LogP contribution in [0.3, 0.4) is 0 Å². The molecule has 0 aliphatic carbocycles. The van der Waals surface area contributed by atoms with Gasteiger partial charge in [0.25, 0.3) is 0 Å². The first-order valence-electron chi connectivity index (χ1n) is 6.52. The molecule has 3 rings (SSSR count). The van der Waals surface area contributed by atoms with E-state index < -0.39 is 5.63 Å². The summed E-state index contributed by atoms with van der Waals surface area (Å²) >= 11 is 0. The largest absolute Gasteiger partial charge is 0.444 e. The van der Waals surface area contributed by atoms with E-state index >= 15 is 0 Å². The molecule has 0 aliphatic heterocycles. The van der Waals surface area contributed by atoms with Crippen LogP contribution in [0.5, 0.6) is 0 Å². The number of nitrogens with one attached hydrogen (secondary N) is 1. The molecule has 0 bridgehead atoms. The van der Waals surface area contributed by atoms with Crippen molar-refractivity contribution in [2.45, 2.75) is 6.92 Å². The molecule has 0 unspecified atom stereocenters. The van der Waals surface area contributed by atoms with Gasteiger partial charge in [-0.3, -0.25) is 4.52 Å². The number of para-hydroxylation sites is 1. The fourth-order valence-corrected chi connectivity index (χ4v) is 1.91. The Bertz CT molecular complexity index is 863.